The molecule has 1 aliphatic rings. The number of amides is 1. The summed E-state index contributed by atoms with van der Waals surface area (Å²) in [6.07, 6.45) is 5.50. The van der Waals surface area contributed by atoms with E-state index >= 15 is 0 Å². The van der Waals surface area contributed by atoms with Crippen LogP contribution in [0.5, 0.6) is 11.5 Å². The van der Waals surface area contributed by atoms with Crippen LogP contribution in [0.4, 0.5) is 0 Å². The molecule has 1 saturated heterocycles. The summed E-state index contributed by atoms with van der Waals surface area (Å²) in [4.78, 5) is 23.7. The molecule has 0 N–H and O–H groups in total. The largest absolute Gasteiger partial charge is 0.497 e. The van der Waals surface area contributed by atoms with Crippen LogP contribution < -0.4 is 9.47 Å². The molecule has 8 heteroatoms. The van der Waals surface area contributed by atoms with Gasteiger partial charge in [-0.2, -0.15) is 0 Å². The molecule has 0 atom stereocenters. The minimum Gasteiger partial charge on any atom is -0.497 e. The summed E-state index contributed by atoms with van der Waals surface area (Å²) in [5, 5.41) is 3.79. The zero-order chi connectivity index (χ0) is 20.2. The van der Waals surface area contributed by atoms with Gasteiger partial charge in [-0.05, 0) is 30.3 Å². The maximum Gasteiger partial charge on any atom is 0.258 e. The van der Waals surface area contributed by atoms with Crippen molar-refractivity contribution in [2.24, 2.45) is 0 Å². The van der Waals surface area contributed by atoms with E-state index in [1.54, 1.807) is 72.8 Å². The summed E-state index contributed by atoms with van der Waals surface area (Å²) in [7, 11) is 3.14. The average molecular weight is 426 g/mol. The first-order valence-corrected chi connectivity index (χ1v) is 10.8. The number of nitrogens with zero attached hydrogens (tertiary/aromatic N) is 3. The van der Waals surface area contributed by atoms with Crippen LogP contribution in [0.15, 0.2) is 53.1 Å². The van der Waals surface area contributed by atoms with Crippen molar-refractivity contribution in [3.05, 3.63) is 64.4 Å². The molecule has 0 bridgehead atoms. The lowest BCUT2D eigenvalue weighted by Gasteiger charge is -2.18. The fourth-order valence-electron chi connectivity index (χ4n) is 2.94. The number of hydrogen-bond acceptors (Lipinski definition) is 7. The van der Waals surface area contributed by atoms with Crippen LogP contribution in [0.2, 0.25) is 0 Å². The number of ether oxygens (including phenoxy) is 2. The van der Waals surface area contributed by atoms with Gasteiger partial charge in [0.2, 0.25) is 0 Å². The zero-order valence-electron chi connectivity index (χ0n) is 16.0. The molecule has 1 fully saturated rings. The highest BCUT2D eigenvalue weighted by atomic mass is 32.2. The monoisotopic (exact) mass is 425 g/mol. The number of benzene rings is 1. The Hall–Kier alpha value is -2.84. The number of carbonyl (C=O) groups is 1. The Balaban J connectivity index is 1.59. The lowest BCUT2D eigenvalue weighted by molar-refractivity contribution is 0.0830. The van der Waals surface area contributed by atoms with Gasteiger partial charge in [-0.1, -0.05) is 0 Å². The minimum absolute atomic E-state index is 0.0823. The maximum atomic E-state index is 13.1. The summed E-state index contributed by atoms with van der Waals surface area (Å²) < 4.78 is 10.6. The first kappa shape index (κ1) is 19.5. The minimum atomic E-state index is -0.0823. The van der Waals surface area contributed by atoms with Crippen LogP contribution in [0.25, 0.3) is 16.6 Å². The Bertz CT molecular complexity index is 1030. The Labute approximate surface area is 177 Å². The van der Waals surface area contributed by atoms with E-state index in [0.717, 1.165) is 27.0 Å². The summed E-state index contributed by atoms with van der Waals surface area (Å²) in [5.74, 6) is 1.94. The normalized spacial score (nSPS) is 15.0. The molecule has 3 heterocycles. The van der Waals surface area contributed by atoms with Gasteiger partial charge < -0.3 is 14.4 Å². The third kappa shape index (κ3) is 4.28. The van der Waals surface area contributed by atoms with Gasteiger partial charge in [0.25, 0.3) is 5.91 Å². The van der Waals surface area contributed by atoms with Crippen LogP contribution in [0.3, 0.4) is 0 Å². The molecule has 1 aromatic carbocycles. The first-order chi connectivity index (χ1) is 14.2. The molecule has 0 aliphatic carbocycles. The Kier molecular flexibility index (Phi) is 5.82. The highest BCUT2D eigenvalue weighted by Gasteiger charge is 2.26. The number of rotatable bonds is 5. The quantitative estimate of drug-likeness (QED) is 0.603. The maximum absolute atomic E-state index is 13.1. The fourth-order valence-corrected chi connectivity index (χ4v) is 4.72. The van der Waals surface area contributed by atoms with E-state index in [1.807, 2.05) is 23.6 Å². The van der Waals surface area contributed by atoms with Gasteiger partial charge in [-0.15, -0.1) is 23.1 Å². The molecular formula is C21H19N3O3S2. The molecule has 6 nitrogen and oxygen atoms in total. The third-order valence-corrected chi connectivity index (χ3v) is 6.31. The van der Waals surface area contributed by atoms with Crippen molar-refractivity contribution in [1.29, 1.82) is 0 Å². The van der Waals surface area contributed by atoms with Crippen LogP contribution >= 0.6 is 23.1 Å². The molecule has 0 saturated carbocycles. The van der Waals surface area contributed by atoms with Gasteiger partial charge in [0.1, 0.15) is 16.5 Å². The number of pyridine rings is 1. The molecule has 0 unspecified atom stereocenters. The summed E-state index contributed by atoms with van der Waals surface area (Å²) >= 11 is 3.21. The van der Waals surface area contributed by atoms with Crippen molar-refractivity contribution < 1.29 is 14.3 Å². The molecule has 0 spiro atoms. The van der Waals surface area contributed by atoms with Crippen molar-refractivity contribution in [1.82, 2.24) is 14.9 Å². The van der Waals surface area contributed by atoms with Gasteiger partial charge in [-0.25, -0.2) is 4.98 Å². The lowest BCUT2D eigenvalue weighted by atomic mass is 10.1. The topological polar surface area (TPSA) is 64.6 Å². The van der Waals surface area contributed by atoms with E-state index in [1.165, 1.54) is 0 Å². The van der Waals surface area contributed by atoms with E-state index in [-0.39, 0.29) is 5.91 Å². The summed E-state index contributed by atoms with van der Waals surface area (Å²) in [6.45, 7) is 0.647. The smallest absolute Gasteiger partial charge is 0.258 e. The molecule has 2 aromatic heterocycles. The van der Waals surface area contributed by atoms with Crippen molar-refractivity contribution >= 4 is 35.1 Å². The van der Waals surface area contributed by atoms with Gasteiger partial charge in [0, 0.05) is 47.3 Å². The second-order valence-electron chi connectivity index (χ2n) is 6.21. The zero-order valence-corrected chi connectivity index (χ0v) is 17.6. The molecule has 29 heavy (non-hydrogen) atoms. The summed E-state index contributed by atoms with van der Waals surface area (Å²) in [5.41, 5.74) is 2.35. The van der Waals surface area contributed by atoms with Gasteiger partial charge in [0.15, 0.2) is 0 Å². The van der Waals surface area contributed by atoms with Crippen molar-refractivity contribution in [2.45, 2.75) is 0 Å². The molecular weight excluding hydrogens is 406 g/mol. The Morgan fingerprint density at radius 1 is 1.21 bits per heavy atom. The predicted octanol–water partition coefficient (Wildman–Crippen LogP) is 4.41. The molecule has 4 rings (SSSR count). The average Bonchev–Trinajstić information content (AvgIpc) is 3.43. The van der Waals surface area contributed by atoms with Crippen LogP contribution in [-0.2, 0) is 0 Å². The van der Waals surface area contributed by atoms with Crippen molar-refractivity contribution in [3.63, 3.8) is 0 Å². The number of carbonyl (C=O) groups excluding carboxylic acids is 1. The van der Waals surface area contributed by atoms with Gasteiger partial charge >= 0.3 is 0 Å². The Morgan fingerprint density at radius 2 is 2.00 bits per heavy atom. The number of aromatic nitrogens is 2. The van der Waals surface area contributed by atoms with Crippen molar-refractivity contribution in [3.8, 4) is 22.1 Å². The van der Waals surface area contributed by atoms with E-state index in [0.29, 0.717) is 23.6 Å². The second-order valence-corrected chi connectivity index (χ2v) is 8.18. The van der Waals surface area contributed by atoms with E-state index in [9.17, 15) is 4.79 Å². The SMILES string of the molecule is COc1cc(OC)cc(C(=O)N2CCS/C2=C/c2csc(-c3cccnc3)n2)c1. The second kappa shape index (κ2) is 8.67. The lowest BCUT2D eigenvalue weighted by Crippen LogP contribution is -2.26. The predicted molar refractivity (Wildman–Crippen MR) is 116 cm³/mol. The van der Waals surface area contributed by atoms with Crippen LogP contribution in [0, 0.1) is 0 Å². The Morgan fingerprint density at radius 3 is 2.69 bits per heavy atom. The number of hydrogen-bond donors (Lipinski definition) is 0. The highest BCUT2D eigenvalue weighted by Crippen LogP contribution is 2.33. The van der Waals surface area contributed by atoms with Crippen molar-refractivity contribution in [2.75, 3.05) is 26.5 Å². The van der Waals surface area contributed by atoms with E-state index in [4.69, 9.17) is 9.47 Å². The standard InChI is InChI=1S/C21H19N3O3S2/c1-26-17-8-15(9-18(11-17)27-2)21(25)24-6-7-28-19(24)10-16-13-29-20(23-16)14-4-3-5-22-12-14/h3-5,8-13H,6-7H2,1-2H3/b19-10+. The highest BCUT2D eigenvalue weighted by molar-refractivity contribution is 8.03. The number of thiazole rings is 1. The first-order valence-electron chi connectivity index (χ1n) is 8.93. The molecule has 0 radical (unpaired) electrons. The van der Waals surface area contributed by atoms with Gasteiger partial charge in [-0.3, -0.25) is 9.78 Å². The van der Waals surface area contributed by atoms with E-state index < -0.39 is 0 Å². The van der Waals surface area contributed by atoms with E-state index in [2.05, 4.69) is 9.97 Å². The molecule has 1 amide bonds. The molecule has 1 aliphatic heterocycles. The summed E-state index contributed by atoms with van der Waals surface area (Å²) in [6, 6.07) is 9.09. The number of methoxy groups -OCH3 is 2. The molecule has 148 valence electrons. The fraction of sp³-hybridized carbons (Fsp3) is 0.190. The van der Waals surface area contributed by atoms with Gasteiger partial charge in [0.05, 0.1) is 24.9 Å². The van der Waals surface area contributed by atoms with Crippen LogP contribution in [0.1, 0.15) is 16.1 Å². The number of thioether (sulfide) groups is 1. The third-order valence-electron chi connectivity index (χ3n) is 4.38. The molecule has 3 aromatic rings. The van der Waals surface area contributed by atoms with Crippen LogP contribution in [-0.4, -0.2) is 47.3 Å².